The number of hydrogen-bond acceptors (Lipinski definition) is 8. The molecule has 4 aliphatic rings. The number of alkyl halides is 2. The Morgan fingerprint density at radius 2 is 1.66 bits per heavy atom. The van der Waals surface area contributed by atoms with Crippen molar-refractivity contribution in [3.63, 3.8) is 0 Å². The molecule has 1 aromatic carbocycles. The summed E-state index contributed by atoms with van der Waals surface area (Å²) in [7, 11) is 0. The minimum atomic E-state index is -2.69. The first kappa shape index (κ1) is 36.4. The predicted octanol–water partition coefficient (Wildman–Crippen LogP) is 5.84. The number of likely N-dealkylation sites (tertiary alicyclic amines) is 2. The molecule has 272 valence electrons. The van der Waals surface area contributed by atoms with E-state index in [1.807, 2.05) is 42.7 Å². The number of amides is 2. The summed E-state index contributed by atoms with van der Waals surface area (Å²) in [4.78, 5) is 57.4. The lowest BCUT2D eigenvalue weighted by Crippen LogP contribution is -2.41. The molecule has 0 N–H and O–H groups in total. The first-order chi connectivity index (χ1) is 23.8. The van der Waals surface area contributed by atoms with Gasteiger partial charge in [0.2, 0.25) is 17.8 Å². The lowest BCUT2D eigenvalue weighted by molar-refractivity contribution is -0.144. The molecule has 1 aromatic heterocycles. The molecule has 3 saturated heterocycles. The fourth-order valence-corrected chi connectivity index (χ4v) is 8.47. The largest absolute Gasteiger partial charge is 0.464 e. The van der Waals surface area contributed by atoms with E-state index >= 15 is 0 Å². The first-order valence-corrected chi connectivity index (χ1v) is 18.5. The Balaban J connectivity index is 1.04. The molecule has 13 heteroatoms. The zero-order chi connectivity index (χ0) is 35.7. The summed E-state index contributed by atoms with van der Waals surface area (Å²) >= 11 is 6.43. The molecule has 0 spiro atoms. The summed E-state index contributed by atoms with van der Waals surface area (Å²) < 4.78 is 33.0. The number of esters is 1. The van der Waals surface area contributed by atoms with Gasteiger partial charge in [-0.1, -0.05) is 17.7 Å². The number of halogens is 3. The third kappa shape index (κ3) is 7.76. The highest BCUT2D eigenvalue weighted by molar-refractivity contribution is 6.31. The number of rotatable bonds is 10. The van der Waals surface area contributed by atoms with Crippen LogP contribution in [0.5, 0.6) is 0 Å². The highest BCUT2D eigenvalue weighted by Crippen LogP contribution is 2.38. The number of aromatic nitrogens is 2. The average Bonchev–Trinajstić information content (AvgIpc) is 3.80. The number of benzene rings is 1. The van der Waals surface area contributed by atoms with Crippen LogP contribution < -0.4 is 9.80 Å². The fourth-order valence-electron chi connectivity index (χ4n) is 8.30. The van der Waals surface area contributed by atoms with E-state index in [-0.39, 0.29) is 43.5 Å². The van der Waals surface area contributed by atoms with Gasteiger partial charge in [-0.25, -0.2) is 23.5 Å². The SMILES string of the molecule is CCOC(=O)[C@@H]1CCCN1c1nc(C)c(C(=O)N2CC3CN(CCCN(C(=O)C4CCC(F)(F)CC4)c4ccc(C)c(Cl)c4)CC3C2)c(C)n1. The highest BCUT2D eigenvalue weighted by Gasteiger charge is 2.43. The van der Waals surface area contributed by atoms with Crippen LogP contribution in [0, 0.1) is 38.5 Å². The van der Waals surface area contributed by atoms with Gasteiger partial charge in [0.05, 0.1) is 23.6 Å². The Hall–Kier alpha value is -3.38. The van der Waals surface area contributed by atoms with E-state index in [1.54, 1.807) is 17.9 Å². The maximum Gasteiger partial charge on any atom is 0.328 e. The van der Waals surface area contributed by atoms with E-state index in [2.05, 4.69) is 4.90 Å². The van der Waals surface area contributed by atoms with Crippen LogP contribution in [0.3, 0.4) is 0 Å². The Morgan fingerprint density at radius 3 is 2.28 bits per heavy atom. The second-order valence-corrected chi connectivity index (χ2v) is 15.0. The van der Waals surface area contributed by atoms with Gasteiger partial charge in [0.15, 0.2) is 0 Å². The molecule has 1 aliphatic carbocycles. The molecular weight excluding hydrogens is 666 g/mol. The molecular formula is C37H49ClF2N6O4. The maximum atomic E-state index is 13.9. The van der Waals surface area contributed by atoms with E-state index in [0.717, 1.165) is 38.0 Å². The zero-order valence-corrected chi connectivity index (χ0v) is 30.4. The molecule has 4 heterocycles. The molecule has 3 atom stereocenters. The van der Waals surface area contributed by atoms with Crippen molar-refractivity contribution < 1.29 is 27.9 Å². The normalized spacial score (nSPS) is 23.7. The molecule has 2 amide bonds. The van der Waals surface area contributed by atoms with Crippen LogP contribution in [0.2, 0.25) is 5.02 Å². The Bertz CT molecular complexity index is 1560. The summed E-state index contributed by atoms with van der Waals surface area (Å²) in [5, 5.41) is 0.573. The van der Waals surface area contributed by atoms with E-state index in [1.165, 1.54) is 0 Å². The minimum absolute atomic E-state index is 0.0535. The number of nitrogens with zero attached hydrogens (tertiary/aromatic N) is 6. The summed E-state index contributed by atoms with van der Waals surface area (Å²) in [5.41, 5.74) is 3.37. The van der Waals surface area contributed by atoms with Crippen LogP contribution in [-0.2, 0) is 14.3 Å². The van der Waals surface area contributed by atoms with Gasteiger partial charge in [0, 0.05) is 68.7 Å². The van der Waals surface area contributed by atoms with Crippen LogP contribution in [0.1, 0.15) is 79.2 Å². The van der Waals surface area contributed by atoms with Crippen molar-refractivity contribution in [2.75, 3.05) is 62.2 Å². The number of carbonyl (C=O) groups is 3. The monoisotopic (exact) mass is 714 g/mol. The summed E-state index contributed by atoms with van der Waals surface area (Å²) in [6.07, 6.45) is 2.15. The van der Waals surface area contributed by atoms with Gasteiger partial charge in [0.1, 0.15) is 6.04 Å². The van der Waals surface area contributed by atoms with Gasteiger partial charge in [-0.3, -0.25) is 9.59 Å². The van der Waals surface area contributed by atoms with Crippen LogP contribution >= 0.6 is 11.6 Å². The van der Waals surface area contributed by atoms with E-state index < -0.39 is 17.9 Å². The quantitative estimate of drug-likeness (QED) is 0.283. The number of ether oxygens (including phenoxy) is 1. The molecule has 6 rings (SSSR count). The van der Waals surface area contributed by atoms with E-state index in [4.69, 9.17) is 26.3 Å². The van der Waals surface area contributed by atoms with Gasteiger partial charge in [0.25, 0.3) is 5.91 Å². The second kappa shape index (κ2) is 15.1. The fraction of sp³-hybridized carbons (Fsp3) is 0.649. The molecule has 50 heavy (non-hydrogen) atoms. The Kier molecular flexibility index (Phi) is 11.0. The molecule has 3 aliphatic heterocycles. The molecule has 0 bridgehead atoms. The molecule has 4 fully saturated rings. The maximum absolute atomic E-state index is 13.9. The van der Waals surface area contributed by atoms with Crippen molar-refractivity contribution in [3.05, 3.63) is 45.7 Å². The van der Waals surface area contributed by atoms with Gasteiger partial charge in [-0.15, -0.1) is 0 Å². The zero-order valence-electron chi connectivity index (χ0n) is 29.6. The van der Waals surface area contributed by atoms with Crippen molar-refractivity contribution in [1.29, 1.82) is 0 Å². The number of anilines is 2. The highest BCUT2D eigenvalue weighted by atomic mass is 35.5. The Labute approximate surface area is 298 Å². The molecule has 1 saturated carbocycles. The van der Waals surface area contributed by atoms with Crippen molar-refractivity contribution in [3.8, 4) is 0 Å². The van der Waals surface area contributed by atoms with Crippen LogP contribution in [0.15, 0.2) is 18.2 Å². The van der Waals surface area contributed by atoms with Gasteiger partial charge < -0.3 is 24.3 Å². The number of carbonyl (C=O) groups excluding carboxylic acids is 3. The number of aryl methyl sites for hydroxylation is 3. The van der Waals surface area contributed by atoms with E-state index in [0.29, 0.717) is 84.7 Å². The minimum Gasteiger partial charge on any atom is -0.464 e. The lowest BCUT2D eigenvalue weighted by atomic mass is 9.85. The summed E-state index contributed by atoms with van der Waals surface area (Å²) in [6.45, 7) is 12.7. The topological polar surface area (TPSA) is 99.2 Å². The smallest absolute Gasteiger partial charge is 0.328 e. The first-order valence-electron chi connectivity index (χ1n) is 18.1. The number of fused-ring (bicyclic) bond motifs is 1. The van der Waals surface area contributed by atoms with Crippen molar-refractivity contribution in [2.45, 2.75) is 84.6 Å². The van der Waals surface area contributed by atoms with E-state index in [9.17, 15) is 23.2 Å². The second-order valence-electron chi connectivity index (χ2n) is 14.6. The number of hydrogen-bond donors (Lipinski definition) is 0. The van der Waals surface area contributed by atoms with Gasteiger partial charge in [-0.05, 0) is 95.9 Å². The van der Waals surface area contributed by atoms with Crippen LogP contribution in [0.25, 0.3) is 0 Å². The third-order valence-corrected chi connectivity index (χ3v) is 11.5. The standard InChI is InChI=1S/C37H49ClF2N6O4/c1-5-50-35(49)31-8-6-16-46(31)36-41-24(3)32(25(4)42-36)34(48)44-21-27-19-43(20-28(27)22-44)15-7-17-45(29-10-9-23(2)30(38)18-29)33(47)26-11-13-37(39,40)14-12-26/h9-10,18,26-28,31H,5-8,11-17,19-22H2,1-4H3/t27?,28?,31-/m0/s1. The molecule has 2 aromatic rings. The van der Waals surface area contributed by atoms with Crippen LogP contribution in [-0.4, -0.2) is 102 Å². The van der Waals surface area contributed by atoms with Gasteiger partial charge in [-0.2, -0.15) is 0 Å². The van der Waals surface area contributed by atoms with Gasteiger partial charge >= 0.3 is 5.97 Å². The summed E-state index contributed by atoms with van der Waals surface area (Å²) in [6, 6.07) is 5.16. The molecule has 10 nitrogen and oxygen atoms in total. The summed E-state index contributed by atoms with van der Waals surface area (Å²) in [5.74, 6) is -2.36. The van der Waals surface area contributed by atoms with Crippen molar-refractivity contribution >= 4 is 41.0 Å². The molecule has 0 radical (unpaired) electrons. The predicted molar refractivity (Wildman–Crippen MR) is 188 cm³/mol. The lowest BCUT2D eigenvalue weighted by Gasteiger charge is -2.32. The van der Waals surface area contributed by atoms with Crippen LogP contribution in [0.4, 0.5) is 20.4 Å². The van der Waals surface area contributed by atoms with Crippen molar-refractivity contribution in [1.82, 2.24) is 19.8 Å². The third-order valence-electron chi connectivity index (χ3n) is 11.0. The average molecular weight is 715 g/mol. The van der Waals surface area contributed by atoms with Crippen molar-refractivity contribution in [2.24, 2.45) is 17.8 Å². The molecule has 2 unspecified atom stereocenters. The Morgan fingerprint density at radius 1 is 1.00 bits per heavy atom.